The smallest absolute Gasteiger partial charge is 0.214 e. The summed E-state index contributed by atoms with van der Waals surface area (Å²) >= 11 is 5.65. The third-order valence-corrected chi connectivity index (χ3v) is 3.20. The van der Waals surface area contributed by atoms with Crippen LogP contribution < -0.4 is 0 Å². The summed E-state index contributed by atoms with van der Waals surface area (Å²) in [6, 6.07) is 9.82. The number of hydrogen-bond acceptors (Lipinski definition) is 6. The summed E-state index contributed by atoms with van der Waals surface area (Å²) in [6.45, 7) is 1.35. The molecule has 0 aliphatic rings. The zero-order valence-corrected chi connectivity index (χ0v) is 11.5. The predicted octanol–water partition coefficient (Wildman–Crippen LogP) is 1.70. The topological polar surface area (TPSA) is 52.8 Å². The van der Waals surface area contributed by atoms with Crippen molar-refractivity contribution in [3.8, 4) is 5.69 Å². The predicted molar refractivity (Wildman–Crippen MR) is 74.6 cm³/mol. The minimum absolute atomic E-state index is 0.673. The van der Waals surface area contributed by atoms with Gasteiger partial charge in [0.05, 0.1) is 18.9 Å². The molecule has 0 unspecified atom stereocenters. The lowest BCUT2D eigenvalue weighted by atomic mass is 10.3. The minimum Gasteiger partial charge on any atom is -0.380 e. The molecule has 7 heteroatoms. The van der Waals surface area contributed by atoms with E-state index in [1.165, 1.54) is 0 Å². The van der Waals surface area contributed by atoms with Gasteiger partial charge in [-0.05, 0) is 22.6 Å². The Bertz CT molecular complexity index is 463. The maximum absolute atomic E-state index is 5.35. The molecule has 0 fully saturated rings. The first-order valence-corrected chi connectivity index (χ1v) is 7.19. The van der Waals surface area contributed by atoms with Crippen molar-refractivity contribution < 1.29 is 4.74 Å². The van der Waals surface area contributed by atoms with E-state index in [4.69, 9.17) is 4.74 Å². The molecule has 2 rings (SSSR count). The van der Waals surface area contributed by atoms with Crippen LogP contribution in [0.5, 0.6) is 0 Å². The molecule has 96 valence electrons. The van der Waals surface area contributed by atoms with Gasteiger partial charge in [0.1, 0.15) is 0 Å². The van der Waals surface area contributed by atoms with Crippen molar-refractivity contribution in [2.24, 2.45) is 0 Å². The highest BCUT2D eigenvalue weighted by Gasteiger charge is 2.07. The minimum atomic E-state index is 0.673. The van der Waals surface area contributed by atoms with Crippen molar-refractivity contribution in [3.63, 3.8) is 0 Å². The van der Waals surface area contributed by atoms with E-state index in [0.29, 0.717) is 13.2 Å². The van der Waals surface area contributed by atoms with Gasteiger partial charge < -0.3 is 4.74 Å². The van der Waals surface area contributed by atoms with Gasteiger partial charge in [-0.3, -0.25) is 0 Å². The van der Waals surface area contributed by atoms with E-state index in [1.807, 2.05) is 30.3 Å². The Labute approximate surface area is 115 Å². The summed E-state index contributed by atoms with van der Waals surface area (Å²) in [5.74, 6) is 1.56. The van der Waals surface area contributed by atoms with Gasteiger partial charge in [0, 0.05) is 11.5 Å². The number of para-hydroxylation sites is 1. The number of thiol groups is 1. The second-order valence-corrected chi connectivity index (χ2v) is 4.90. The highest BCUT2D eigenvalue weighted by Crippen LogP contribution is 2.17. The molecule has 0 saturated heterocycles. The van der Waals surface area contributed by atoms with Crippen molar-refractivity contribution in [3.05, 3.63) is 30.3 Å². The number of rotatable bonds is 7. The van der Waals surface area contributed by atoms with Gasteiger partial charge in [0.2, 0.25) is 5.16 Å². The average Bonchev–Trinajstić information content (AvgIpc) is 2.88. The Morgan fingerprint density at radius 1 is 1.22 bits per heavy atom. The largest absolute Gasteiger partial charge is 0.380 e. The number of nitrogens with zero attached hydrogens (tertiary/aromatic N) is 4. The second kappa shape index (κ2) is 7.40. The number of tetrazole rings is 1. The van der Waals surface area contributed by atoms with E-state index < -0.39 is 0 Å². The molecule has 0 saturated carbocycles. The molecule has 0 amide bonds. The molecule has 0 atom stereocenters. The fourth-order valence-electron chi connectivity index (χ4n) is 1.36. The normalized spacial score (nSPS) is 10.7. The van der Waals surface area contributed by atoms with Crippen LogP contribution in [0.25, 0.3) is 5.69 Å². The lowest BCUT2D eigenvalue weighted by Gasteiger charge is -2.04. The van der Waals surface area contributed by atoms with Gasteiger partial charge in [0.15, 0.2) is 0 Å². The van der Waals surface area contributed by atoms with E-state index in [0.717, 1.165) is 22.3 Å². The van der Waals surface area contributed by atoms with Gasteiger partial charge in [-0.1, -0.05) is 30.0 Å². The maximum Gasteiger partial charge on any atom is 0.214 e. The SMILES string of the molecule is SCCOCCSc1nnnn1-c1ccccc1. The average molecular weight is 282 g/mol. The molecule has 1 aromatic carbocycles. The third-order valence-electron chi connectivity index (χ3n) is 2.14. The van der Waals surface area contributed by atoms with E-state index in [9.17, 15) is 0 Å². The molecule has 0 radical (unpaired) electrons. The molecule has 1 aromatic heterocycles. The number of benzene rings is 1. The Morgan fingerprint density at radius 3 is 2.83 bits per heavy atom. The van der Waals surface area contributed by atoms with Crippen LogP contribution in [0.4, 0.5) is 0 Å². The van der Waals surface area contributed by atoms with Crippen molar-refractivity contribution in [1.29, 1.82) is 0 Å². The Morgan fingerprint density at radius 2 is 2.06 bits per heavy atom. The standard InChI is InChI=1S/C11H14N4OS2/c17-8-6-16-7-9-18-11-12-13-14-15(11)10-4-2-1-3-5-10/h1-5,17H,6-9H2. The second-order valence-electron chi connectivity index (χ2n) is 3.39. The lowest BCUT2D eigenvalue weighted by molar-refractivity contribution is 0.167. The quantitative estimate of drug-likeness (QED) is 0.476. The van der Waals surface area contributed by atoms with Crippen LogP contribution in [0.2, 0.25) is 0 Å². The molecule has 0 N–H and O–H groups in total. The first kappa shape index (κ1) is 13.4. The van der Waals surface area contributed by atoms with Gasteiger partial charge in [0.25, 0.3) is 0 Å². The number of thioether (sulfide) groups is 1. The van der Waals surface area contributed by atoms with Crippen molar-refractivity contribution >= 4 is 24.4 Å². The highest BCUT2D eigenvalue weighted by molar-refractivity contribution is 7.99. The van der Waals surface area contributed by atoms with Crippen molar-refractivity contribution in [2.75, 3.05) is 24.7 Å². The van der Waals surface area contributed by atoms with Gasteiger partial charge >= 0.3 is 0 Å². The maximum atomic E-state index is 5.35. The van der Waals surface area contributed by atoms with E-state index in [2.05, 4.69) is 28.2 Å². The molecule has 1 heterocycles. The summed E-state index contributed by atoms with van der Waals surface area (Å²) in [4.78, 5) is 0. The molecule has 0 aliphatic carbocycles. The summed E-state index contributed by atoms with van der Waals surface area (Å²) in [5, 5.41) is 12.5. The molecule has 0 aliphatic heterocycles. The third kappa shape index (κ3) is 3.72. The fourth-order valence-corrected chi connectivity index (χ4v) is 2.23. The van der Waals surface area contributed by atoms with Crippen molar-refractivity contribution in [2.45, 2.75) is 5.16 Å². The summed E-state index contributed by atoms with van der Waals surface area (Å²) in [6.07, 6.45) is 0. The first-order chi connectivity index (χ1) is 8.92. The summed E-state index contributed by atoms with van der Waals surface area (Å²) in [5.41, 5.74) is 0.960. The molecule has 0 spiro atoms. The van der Waals surface area contributed by atoms with Crippen LogP contribution in [0.1, 0.15) is 0 Å². The van der Waals surface area contributed by atoms with E-state index >= 15 is 0 Å². The number of hydrogen-bond donors (Lipinski definition) is 1. The Kier molecular flexibility index (Phi) is 5.50. The van der Waals surface area contributed by atoms with Crippen LogP contribution in [0.3, 0.4) is 0 Å². The number of ether oxygens (including phenoxy) is 1. The molecule has 5 nitrogen and oxygen atoms in total. The zero-order chi connectivity index (χ0) is 12.6. The monoisotopic (exact) mass is 282 g/mol. The van der Waals surface area contributed by atoms with Crippen molar-refractivity contribution in [1.82, 2.24) is 20.2 Å². The van der Waals surface area contributed by atoms with Gasteiger partial charge in [-0.15, -0.1) is 5.10 Å². The Hall–Kier alpha value is -1.05. The summed E-state index contributed by atoms with van der Waals surface area (Å²) < 4.78 is 7.08. The van der Waals surface area contributed by atoms with E-state index in [1.54, 1.807) is 16.4 Å². The lowest BCUT2D eigenvalue weighted by Crippen LogP contribution is -2.02. The van der Waals surface area contributed by atoms with Crippen LogP contribution in [-0.2, 0) is 4.74 Å². The molecular weight excluding hydrogens is 268 g/mol. The first-order valence-electron chi connectivity index (χ1n) is 5.57. The van der Waals surface area contributed by atoms with Gasteiger partial charge in [-0.2, -0.15) is 17.3 Å². The van der Waals surface area contributed by atoms with Gasteiger partial charge in [-0.25, -0.2) is 0 Å². The Balaban J connectivity index is 1.92. The highest BCUT2D eigenvalue weighted by atomic mass is 32.2. The molecular formula is C11H14N4OS2. The zero-order valence-electron chi connectivity index (χ0n) is 9.77. The van der Waals surface area contributed by atoms with E-state index in [-0.39, 0.29) is 0 Å². The van der Waals surface area contributed by atoms with Crippen LogP contribution in [0, 0.1) is 0 Å². The molecule has 2 aromatic rings. The van der Waals surface area contributed by atoms with Crippen LogP contribution in [-0.4, -0.2) is 44.9 Å². The summed E-state index contributed by atoms with van der Waals surface area (Å²) in [7, 11) is 0. The van der Waals surface area contributed by atoms with Crippen LogP contribution in [0.15, 0.2) is 35.5 Å². The molecule has 0 bridgehead atoms. The number of aromatic nitrogens is 4. The molecule has 18 heavy (non-hydrogen) atoms. The fraction of sp³-hybridized carbons (Fsp3) is 0.364. The van der Waals surface area contributed by atoms with Crippen LogP contribution >= 0.6 is 24.4 Å².